The van der Waals surface area contributed by atoms with Crippen LogP contribution in [0.15, 0.2) is 85.5 Å². The van der Waals surface area contributed by atoms with E-state index >= 15 is 0 Å². The highest BCUT2D eigenvalue weighted by Crippen LogP contribution is 2.40. The molecule has 0 radical (unpaired) electrons. The minimum atomic E-state index is -0.0866. The van der Waals surface area contributed by atoms with E-state index in [2.05, 4.69) is 41.9 Å². The number of rotatable bonds is 5. The molecule has 0 spiro atoms. The number of hydrogen-bond acceptors (Lipinski definition) is 4. The van der Waals surface area contributed by atoms with Gasteiger partial charge in [-0.15, -0.1) is 0 Å². The highest BCUT2D eigenvalue weighted by atomic mass is 32.1. The van der Waals surface area contributed by atoms with E-state index in [1.807, 2.05) is 80.2 Å². The van der Waals surface area contributed by atoms with Crippen LogP contribution in [0.4, 0.5) is 0 Å². The van der Waals surface area contributed by atoms with Crippen LogP contribution in [0.3, 0.4) is 0 Å². The third-order valence-corrected chi connectivity index (χ3v) is 5.83. The van der Waals surface area contributed by atoms with Gasteiger partial charge in [0.25, 0.3) is 0 Å². The number of nitrogens with zero attached hydrogens (tertiary/aromatic N) is 5. The molecule has 0 aromatic carbocycles. The highest BCUT2D eigenvalue weighted by Gasteiger charge is 2.41. The average molecular weight is 427 g/mol. The Morgan fingerprint density at radius 1 is 0.935 bits per heavy atom. The van der Waals surface area contributed by atoms with Gasteiger partial charge in [0.05, 0.1) is 30.0 Å². The fourth-order valence-corrected chi connectivity index (χ4v) is 4.31. The molecule has 0 aliphatic carbocycles. The Morgan fingerprint density at radius 3 is 2.48 bits per heavy atom. The maximum absolute atomic E-state index is 5.78. The number of hydrogen-bond donors (Lipinski definition) is 1. The monoisotopic (exact) mass is 426 g/mol. The van der Waals surface area contributed by atoms with Crippen LogP contribution >= 0.6 is 12.2 Å². The SMILES string of the molecule is Cc1ccc(-n2cccc2[C@@H]2[C@H](c3ccccn3)NC(=S)N2Cc2ccccn2)nc1. The lowest BCUT2D eigenvalue weighted by molar-refractivity contribution is 0.299. The van der Waals surface area contributed by atoms with Crippen molar-refractivity contribution in [2.24, 2.45) is 0 Å². The quantitative estimate of drug-likeness (QED) is 0.484. The zero-order valence-corrected chi connectivity index (χ0v) is 17.9. The van der Waals surface area contributed by atoms with E-state index in [9.17, 15) is 0 Å². The van der Waals surface area contributed by atoms with Crippen LogP contribution in [0.1, 0.15) is 34.7 Å². The van der Waals surface area contributed by atoms with Crippen LogP contribution in [0.2, 0.25) is 0 Å². The predicted octanol–water partition coefficient (Wildman–Crippen LogP) is 4.14. The summed E-state index contributed by atoms with van der Waals surface area (Å²) in [5, 5.41) is 4.19. The Bertz CT molecular complexity index is 1170. The van der Waals surface area contributed by atoms with Gasteiger partial charge < -0.3 is 14.8 Å². The predicted molar refractivity (Wildman–Crippen MR) is 124 cm³/mol. The minimum Gasteiger partial charge on any atom is -0.352 e. The molecule has 4 aromatic heterocycles. The normalized spacial score (nSPS) is 18.2. The molecule has 5 heterocycles. The van der Waals surface area contributed by atoms with Crippen LogP contribution in [0.25, 0.3) is 5.82 Å². The van der Waals surface area contributed by atoms with Crippen molar-refractivity contribution in [1.82, 2.24) is 29.7 Å². The number of thiocarbonyl (C=S) groups is 1. The summed E-state index contributed by atoms with van der Waals surface area (Å²) in [5.74, 6) is 0.876. The molecule has 5 rings (SSSR count). The summed E-state index contributed by atoms with van der Waals surface area (Å²) in [4.78, 5) is 16.0. The fraction of sp³-hybridized carbons (Fsp3) is 0.167. The summed E-state index contributed by atoms with van der Waals surface area (Å²) >= 11 is 5.78. The molecule has 0 saturated carbocycles. The van der Waals surface area contributed by atoms with Crippen LogP contribution in [-0.2, 0) is 6.54 Å². The molecule has 0 bridgehead atoms. The molecule has 1 fully saturated rings. The second-order valence-electron chi connectivity index (χ2n) is 7.57. The van der Waals surface area contributed by atoms with Crippen LogP contribution in [0.5, 0.6) is 0 Å². The van der Waals surface area contributed by atoms with Gasteiger partial charge in [-0.1, -0.05) is 18.2 Å². The van der Waals surface area contributed by atoms with E-state index in [1.165, 1.54) is 0 Å². The average Bonchev–Trinajstić information content (AvgIpc) is 3.40. The summed E-state index contributed by atoms with van der Waals surface area (Å²) in [6.45, 7) is 2.64. The van der Waals surface area contributed by atoms with Gasteiger partial charge in [-0.25, -0.2) is 4.98 Å². The van der Waals surface area contributed by atoms with E-state index in [4.69, 9.17) is 12.2 Å². The van der Waals surface area contributed by atoms with Crippen molar-refractivity contribution in [1.29, 1.82) is 0 Å². The van der Waals surface area contributed by atoms with Crippen molar-refractivity contribution in [3.05, 3.63) is 108 Å². The Kier molecular flexibility index (Phi) is 5.18. The topological polar surface area (TPSA) is 58.9 Å². The van der Waals surface area contributed by atoms with Crippen molar-refractivity contribution < 1.29 is 0 Å². The summed E-state index contributed by atoms with van der Waals surface area (Å²) in [5.41, 5.74) is 4.13. The van der Waals surface area contributed by atoms with Crippen molar-refractivity contribution in [3.8, 4) is 5.82 Å². The standard InChI is InChI=1S/C24H22N6S/c1-17-10-11-21(27-15-17)29-14-6-9-20(29)23-22(19-8-3-5-13-26-19)28-24(31)30(23)16-18-7-2-4-12-25-18/h2-15,22-23H,16H2,1H3,(H,28,31)/t22-,23+/m0/s1. The van der Waals surface area contributed by atoms with Gasteiger partial charge in [-0.05, 0) is 67.2 Å². The first-order valence-electron chi connectivity index (χ1n) is 10.2. The first kappa shape index (κ1) is 19.4. The molecular weight excluding hydrogens is 404 g/mol. The second kappa shape index (κ2) is 8.28. The van der Waals surface area contributed by atoms with E-state index in [-0.39, 0.29) is 12.1 Å². The van der Waals surface area contributed by atoms with Crippen LogP contribution in [0, 0.1) is 6.92 Å². The molecule has 4 aromatic rings. The first-order valence-corrected chi connectivity index (χ1v) is 10.6. The summed E-state index contributed by atoms with van der Waals surface area (Å²) in [7, 11) is 0. The molecule has 1 saturated heterocycles. The van der Waals surface area contributed by atoms with E-state index in [1.54, 1.807) is 0 Å². The third kappa shape index (κ3) is 3.80. The summed E-state index contributed by atoms with van der Waals surface area (Å²) < 4.78 is 2.13. The molecule has 0 unspecified atom stereocenters. The molecule has 31 heavy (non-hydrogen) atoms. The number of aryl methyl sites for hydroxylation is 1. The Labute approximate surface area is 186 Å². The molecule has 1 aliphatic rings. The lowest BCUT2D eigenvalue weighted by Crippen LogP contribution is -2.30. The van der Waals surface area contributed by atoms with E-state index < -0.39 is 0 Å². The van der Waals surface area contributed by atoms with Gasteiger partial charge in [0.2, 0.25) is 0 Å². The Hall–Kier alpha value is -3.58. The zero-order valence-electron chi connectivity index (χ0n) is 17.1. The van der Waals surface area contributed by atoms with Gasteiger partial charge >= 0.3 is 0 Å². The lowest BCUT2D eigenvalue weighted by atomic mass is 10.0. The van der Waals surface area contributed by atoms with Gasteiger partial charge in [0, 0.05) is 30.5 Å². The highest BCUT2D eigenvalue weighted by molar-refractivity contribution is 7.80. The van der Waals surface area contributed by atoms with Crippen molar-refractivity contribution >= 4 is 17.3 Å². The van der Waals surface area contributed by atoms with E-state index in [0.717, 1.165) is 28.5 Å². The van der Waals surface area contributed by atoms with Crippen molar-refractivity contribution in [3.63, 3.8) is 0 Å². The maximum atomic E-state index is 5.78. The lowest BCUT2D eigenvalue weighted by Gasteiger charge is -2.28. The van der Waals surface area contributed by atoms with Crippen LogP contribution in [-0.4, -0.2) is 29.5 Å². The molecule has 154 valence electrons. The van der Waals surface area contributed by atoms with Crippen LogP contribution < -0.4 is 5.32 Å². The minimum absolute atomic E-state index is 0.0671. The maximum Gasteiger partial charge on any atom is 0.170 e. The molecule has 6 nitrogen and oxygen atoms in total. The molecule has 7 heteroatoms. The third-order valence-electron chi connectivity index (χ3n) is 5.48. The Balaban J connectivity index is 1.60. The molecular formula is C24H22N6S. The zero-order chi connectivity index (χ0) is 21.2. The summed E-state index contributed by atoms with van der Waals surface area (Å²) in [6.07, 6.45) is 7.56. The Morgan fingerprint density at radius 2 is 1.77 bits per heavy atom. The second-order valence-corrected chi connectivity index (χ2v) is 7.96. The number of pyridine rings is 3. The van der Waals surface area contributed by atoms with Gasteiger partial charge in [-0.2, -0.15) is 0 Å². The van der Waals surface area contributed by atoms with Gasteiger partial charge in [-0.3, -0.25) is 9.97 Å². The first-order chi connectivity index (χ1) is 15.2. The number of aromatic nitrogens is 4. The molecule has 2 atom stereocenters. The molecule has 1 aliphatic heterocycles. The number of nitrogens with one attached hydrogen (secondary N) is 1. The fourth-order valence-electron chi connectivity index (χ4n) is 4.01. The van der Waals surface area contributed by atoms with Crippen molar-refractivity contribution in [2.75, 3.05) is 0 Å². The van der Waals surface area contributed by atoms with Gasteiger partial charge in [0.15, 0.2) is 5.11 Å². The van der Waals surface area contributed by atoms with Gasteiger partial charge in [0.1, 0.15) is 5.82 Å². The van der Waals surface area contributed by atoms with E-state index in [0.29, 0.717) is 11.7 Å². The molecule has 0 amide bonds. The smallest absolute Gasteiger partial charge is 0.170 e. The largest absolute Gasteiger partial charge is 0.352 e. The van der Waals surface area contributed by atoms with Crippen molar-refractivity contribution in [2.45, 2.75) is 25.6 Å². The summed E-state index contributed by atoms with van der Waals surface area (Å²) in [6, 6.07) is 20.1. The molecule has 1 N–H and O–H groups in total.